The summed E-state index contributed by atoms with van der Waals surface area (Å²) in [6.45, 7) is 0. The molecule has 0 fully saturated rings. The monoisotopic (exact) mass is 329 g/mol. The zero-order valence-corrected chi connectivity index (χ0v) is 13.0. The number of aromatic nitrogens is 2. The molecule has 3 aromatic rings. The van der Waals surface area contributed by atoms with Gasteiger partial charge in [-0.25, -0.2) is 4.79 Å². The molecule has 0 aliphatic carbocycles. The third-order valence-corrected chi connectivity index (χ3v) is 4.67. The molecule has 1 heterocycles. The SMILES string of the molecule is NC(=O)Oc1nc2cc([S+]([O-])CCc3ccccc3)ccc2[nH]1. The van der Waals surface area contributed by atoms with E-state index in [1.54, 1.807) is 18.2 Å². The van der Waals surface area contributed by atoms with Crippen LogP contribution in [0.5, 0.6) is 6.01 Å². The highest BCUT2D eigenvalue weighted by Gasteiger charge is 2.14. The molecule has 0 spiro atoms. The number of aryl methyl sites for hydroxylation is 1. The molecule has 0 aliphatic heterocycles. The number of nitrogens with zero attached hydrogens (tertiary/aromatic N) is 1. The molecule has 0 bridgehead atoms. The molecule has 0 saturated carbocycles. The van der Waals surface area contributed by atoms with Crippen molar-refractivity contribution >= 4 is 28.3 Å². The van der Waals surface area contributed by atoms with Crippen LogP contribution in [-0.4, -0.2) is 26.4 Å². The lowest BCUT2D eigenvalue weighted by atomic mass is 10.2. The van der Waals surface area contributed by atoms with E-state index in [2.05, 4.69) is 9.97 Å². The second-order valence-corrected chi connectivity index (χ2v) is 6.50. The summed E-state index contributed by atoms with van der Waals surface area (Å²) in [5.41, 5.74) is 7.36. The smallest absolute Gasteiger partial charge is 0.412 e. The summed E-state index contributed by atoms with van der Waals surface area (Å²) in [6, 6.07) is 15.2. The maximum atomic E-state index is 12.4. The fraction of sp³-hybridized carbons (Fsp3) is 0.125. The van der Waals surface area contributed by atoms with Crippen molar-refractivity contribution in [3.8, 4) is 6.01 Å². The van der Waals surface area contributed by atoms with Gasteiger partial charge in [-0.15, -0.1) is 0 Å². The van der Waals surface area contributed by atoms with Crippen molar-refractivity contribution < 1.29 is 14.1 Å². The van der Waals surface area contributed by atoms with E-state index in [0.29, 0.717) is 21.7 Å². The lowest BCUT2D eigenvalue weighted by Crippen LogP contribution is -2.16. The van der Waals surface area contributed by atoms with E-state index in [0.717, 1.165) is 12.0 Å². The maximum absolute atomic E-state index is 12.4. The molecular formula is C16H15N3O3S. The molecule has 0 radical (unpaired) electrons. The molecule has 3 N–H and O–H groups in total. The number of nitrogens with one attached hydrogen (secondary N) is 1. The molecule has 1 unspecified atom stereocenters. The van der Waals surface area contributed by atoms with E-state index in [4.69, 9.17) is 10.5 Å². The van der Waals surface area contributed by atoms with E-state index in [1.807, 2.05) is 30.3 Å². The normalized spacial score (nSPS) is 12.2. The topological polar surface area (TPSA) is 104 Å². The molecule has 1 atom stereocenters. The van der Waals surface area contributed by atoms with Gasteiger partial charge in [0, 0.05) is 12.5 Å². The van der Waals surface area contributed by atoms with E-state index >= 15 is 0 Å². The standard InChI is InChI=1S/C16H15N3O3S/c17-15(20)22-16-18-13-7-6-12(10-14(13)19-16)23(21)9-8-11-4-2-1-3-5-11/h1-7,10H,8-9H2,(H2,17,20)(H,18,19). The number of carbonyl (C=O) groups excluding carboxylic acids is 1. The van der Waals surface area contributed by atoms with Crippen LogP contribution in [-0.2, 0) is 17.6 Å². The van der Waals surface area contributed by atoms with Crippen LogP contribution in [0.2, 0.25) is 0 Å². The number of amides is 1. The maximum Gasteiger partial charge on any atom is 0.412 e. The van der Waals surface area contributed by atoms with Crippen LogP contribution >= 0.6 is 0 Å². The number of hydrogen-bond donors (Lipinski definition) is 2. The zero-order chi connectivity index (χ0) is 16.2. The van der Waals surface area contributed by atoms with Crippen LogP contribution in [0.1, 0.15) is 5.56 Å². The fourth-order valence-corrected chi connectivity index (χ4v) is 3.34. The van der Waals surface area contributed by atoms with E-state index in [9.17, 15) is 9.35 Å². The van der Waals surface area contributed by atoms with Crippen LogP contribution in [0.4, 0.5) is 4.79 Å². The van der Waals surface area contributed by atoms with Gasteiger partial charge in [0.1, 0.15) is 5.75 Å². The molecule has 1 aromatic heterocycles. The Balaban J connectivity index is 1.72. The molecule has 0 saturated heterocycles. The Kier molecular flexibility index (Phi) is 4.50. The summed E-state index contributed by atoms with van der Waals surface area (Å²) in [6.07, 6.45) is -0.196. The van der Waals surface area contributed by atoms with Gasteiger partial charge in [0.05, 0.1) is 11.0 Å². The Labute approximate surface area is 135 Å². The van der Waals surface area contributed by atoms with Crippen LogP contribution in [0.3, 0.4) is 0 Å². The van der Waals surface area contributed by atoms with Crippen molar-refractivity contribution in [2.45, 2.75) is 11.3 Å². The third kappa shape index (κ3) is 3.82. The van der Waals surface area contributed by atoms with Crippen LogP contribution < -0.4 is 10.5 Å². The molecule has 6 nitrogen and oxygen atoms in total. The Morgan fingerprint density at radius 3 is 2.78 bits per heavy atom. The summed E-state index contributed by atoms with van der Waals surface area (Å²) in [4.78, 5) is 18.3. The predicted octanol–water partition coefficient (Wildman–Crippen LogP) is 2.37. The van der Waals surface area contributed by atoms with E-state index in [1.165, 1.54) is 0 Å². The second-order valence-electron chi connectivity index (χ2n) is 4.93. The summed E-state index contributed by atoms with van der Waals surface area (Å²) < 4.78 is 17.1. The first-order valence-electron chi connectivity index (χ1n) is 7.01. The minimum absolute atomic E-state index is 0.0275. The Morgan fingerprint density at radius 1 is 1.26 bits per heavy atom. The predicted molar refractivity (Wildman–Crippen MR) is 87.7 cm³/mol. The van der Waals surface area contributed by atoms with Gasteiger partial charge >= 0.3 is 12.1 Å². The van der Waals surface area contributed by atoms with Crippen molar-refractivity contribution in [2.24, 2.45) is 5.73 Å². The average molecular weight is 329 g/mol. The molecule has 1 amide bonds. The summed E-state index contributed by atoms with van der Waals surface area (Å²) in [5.74, 6) is 0.532. The summed E-state index contributed by atoms with van der Waals surface area (Å²) in [7, 11) is 0. The number of carbonyl (C=O) groups is 1. The van der Waals surface area contributed by atoms with Gasteiger partial charge in [-0.2, -0.15) is 4.98 Å². The van der Waals surface area contributed by atoms with Gasteiger partial charge in [-0.1, -0.05) is 30.3 Å². The average Bonchev–Trinajstić information content (AvgIpc) is 2.94. The molecular weight excluding hydrogens is 314 g/mol. The van der Waals surface area contributed by atoms with Gasteiger partial charge < -0.3 is 20.0 Å². The Morgan fingerprint density at radius 2 is 2.04 bits per heavy atom. The lowest BCUT2D eigenvalue weighted by Gasteiger charge is -2.10. The number of H-pyrrole nitrogens is 1. The first kappa shape index (κ1) is 15.4. The molecule has 23 heavy (non-hydrogen) atoms. The van der Waals surface area contributed by atoms with Crippen molar-refractivity contribution in [3.63, 3.8) is 0 Å². The third-order valence-electron chi connectivity index (χ3n) is 3.31. The molecule has 0 aliphatic rings. The molecule has 118 valence electrons. The van der Waals surface area contributed by atoms with Crippen LogP contribution in [0.25, 0.3) is 11.0 Å². The number of benzene rings is 2. The van der Waals surface area contributed by atoms with Crippen molar-refractivity contribution in [3.05, 3.63) is 54.1 Å². The second kappa shape index (κ2) is 6.72. The number of hydrogen-bond acceptors (Lipinski definition) is 4. The van der Waals surface area contributed by atoms with E-state index in [-0.39, 0.29) is 6.01 Å². The van der Waals surface area contributed by atoms with Crippen molar-refractivity contribution in [1.29, 1.82) is 0 Å². The number of nitrogens with two attached hydrogens (primary N) is 1. The van der Waals surface area contributed by atoms with Gasteiger partial charge in [-0.3, -0.25) is 0 Å². The first-order valence-corrected chi connectivity index (χ1v) is 8.33. The molecule has 3 rings (SSSR count). The van der Waals surface area contributed by atoms with Gasteiger partial charge in [0.2, 0.25) is 0 Å². The van der Waals surface area contributed by atoms with Crippen LogP contribution in [0.15, 0.2) is 53.4 Å². The van der Waals surface area contributed by atoms with Crippen molar-refractivity contribution in [1.82, 2.24) is 9.97 Å². The summed E-state index contributed by atoms with van der Waals surface area (Å²) in [5, 5.41) is 0. The number of fused-ring (bicyclic) bond motifs is 1. The van der Waals surface area contributed by atoms with Crippen molar-refractivity contribution in [2.75, 3.05) is 5.75 Å². The number of aromatic amines is 1. The quantitative estimate of drug-likeness (QED) is 0.701. The highest BCUT2D eigenvalue weighted by atomic mass is 32.2. The van der Waals surface area contributed by atoms with Gasteiger partial charge in [-0.05, 0) is 28.9 Å². The summed E-state index contributed by atoms with van der Waals surface area (Å²) >= 11 is -1.13. The molecule has 2 aromatic carbocycles. The minimum Gasteiger partial charge on any atom is -0.611 e. The van der Waals surface area contributed by atoms with Crippen LogP contribution in [0, 0.1) is 0 Å². The highest BCUT2D eigenvalue weighted by molar-refractivity contribution is 7.91. The Hall–Kier alpha value is -2.51. The zero-order valence-electron chi connectivity index (χ0n) is 12.2. The van der Waals surface area contributed by atoms with Gasteiger partial charge in [0.15, 0.2) is 4.90 Å². The highest BCUT2D eigenvalue weighted by Crippen LogP contribution is 2.21. The lowest BCUT2D eigenvalue weighted by molar-refractivity contribution is 0.207. The number of primary amides is 1. The van der Waals surface area contributed by atoms with E-state index < -0.39 is 17.3 Å². The number of rotatable bonds is 5. The first-order chi connectivity index (χ1) is 11.1. The molecule has 7 heteroatoms. The van der Waals surface area contributed by atoms with Gasteiger partial charge in [0.25, 0.3) is 0 Å². The number of imidazole rings is 1. The minimum atomic E-state index is -1.13. The largest absolute Gasteiger partial charge is 0.611 e. The number of ether oxygens (including phenoxy) is 1. The Bertz CT molecular complexity index is 820. The fourth-order valence-electron chi connectivity index (χ4n) is 2.22.